The molecule has 1 aliphatic rings. The van der Waals surface area contributed by atoms with Gasteiger partial charge in [0.2, 0.25) is 0 Å². The molecule has 0 bridgehead atoms. The summed E-state index contributed by atoms with van der Waals surface area (Å²) in [5.74, 6) is 0.928. The maximum absolute atomic E-state index is 5.85. The van der Waals surface area contributed by atoms with Crippen LogP contribution in [0, 0.1) is 0 Å². The first kappa shape index (κ1) is 9.46. The molecule has 2 heterocycles. The molecule has 76 valence electrons. The topological polar surface area (TPSA) is 34.2 Å². The van der Waals surface area contributed by atoms with Gasteiger partial charge in [0, 0.05) is 12.7 Å². The maximum atomic E-state index is 5.85. The maximum Gasteiger partial charge on any atom is 0.142 e. The summed E-state index contributed by atoms with van der Waals surface area (Å²) in [5.41, 5.74) is 1.02. The predicted octanol–water partition coefficient (Wildman–Crippen LogP) is 1.90. The first-order valence-electron chi connectivity index (χ1n) is 5.16. The second-order valence-corrected chi connectivity index (χ2v) is 3.66. The summed E-state index contributed by atoms with van der Waals surface area (Å²) >= 11 is 0. The normalized spacial score (nSPS) is 26.1. The first-order valence-corrected chi connectivity index (χ1v) is 5.16. The van der Waals surface area contributed by atoms with Crippen LogP contribution < -0.4 is 10.1 Å². The van der Waals surface area contributed by atoms with Gasteiger partial charge in [0.05, 0.1) is 11.7 Å². The van der Waals surface area contributed by atoms with Crippen molar-refractivity contribution in [1.82, 2.24) is 10.3 Å². The molecule has 0 spiro atoms. The SMILES string of the molecule is CC[C@@H]1CN[C@@H](C)c2ncccc2O1. The van der Waals surface area contributed by atoms with Crippen molar-refractivity contribution in [3.8, 4) is 5.75 Å². The van der Waals surface area contributed by atoms with Crippen molar-refractivity contribution in [1.29, 1.82) is 0 Å². The molecule has 0 radical (unpaired) electrons. The van der Waals surface area contributed by atoms with E-state index >= 15 is 0 Å². The number of nitrogens with zero attached hydrogens (tertiary/aromatic N) is 1. The highest BCUT2D eigenvalue weighted by molar-refractivity contribution is 5.30. The van der Waals surface area contributed by atoms with Gasteiger partial charge in [-0.25, -0.2) is 0 Å². The van der Waals surface area contributed by atoms with Gasteiger partial charge in [0.1, 0.15) is 11.9 Å². The van der Waals surface area contributed by atoms with Crippen LogP contribution in [0.5, 0.6) is 5.75 Å². The third-order valence-electron chi connectivity index (χ3n) is 2.61. The van der Waals surface area contributed by atoms with Crippen molar-refractivity contribution < 1.29 is 4.74 Å². The van der Waals surface area contributed by atoms with Crippen molar-refractivity contribution in [2.24, 2.45) is 0 Å². The van der Waals surface area contributed by atoms with Crippen molar-refractivity contribution in [3.05, 3.63) is 24.0 Å². The van der Waals surface area contributed by atoms with Gasteiger partial charge in [-0.15, -0.1) is 0 Å². The van der Waals surface area contributed by atoms with Crippen LogP contribution in [0.15, 0.2) is 18.3 Å². The van der Waals surface area contributed by atoms with E-state index < -0.39 is 0 Å². The molecule has 1 aromatic rings. The van der Waals surface area contributed by atoms with Gasteiger partial charge in [-0.3, -0.25) is 4.98 Å². The average molecular weight is 192 g/mol. The highest BCUT2D eigenvalue weighted by Gasteiger charge is 2.20. The number of hydrogen-bond acceptors (Lipinski definition) is 3. The molecule has 0 unspecified atom stereocenters. The smallest absolute Gasteiger partial charge is 0.142 e. The molecule has 1 aromatic heterocycles. The van der Waals surface area contributed by atoms with Crippen LogP contribution in [-0.4, -0.2) is 17.6 Å². The number of fused-ring (bicyclic) bond motifs is 1. The number of aromatic nitrogens is 1. The molecule has 3 heteroatoms. The molecular formula is C11H16N2O. The third kappa shape index (κ3) is 1.73. The second-order valence-electron chi connectivity index (χ2n) is 3.66. The zero-order valence-corrected chi connectivity index (χ0v) is 8.66. The van der Waals surface area contributed by atoms with Crippen molar-refractivity contribution in [2.45, 2.75) is 32.4 Å². The Kier molecular flexibility index (Phi) is 2.68. The van der Waals surface area contributed by atoms with Crippen LogP contribution in [0.1, 0.15) is 32.0 Å². The third-order valence-corrected chi connectivity index (χ3v) is 2.61. The molecule has 0 aromatic carbocycles. The monoisotopic (exact) mass is 192 g/mol. The molecule has 0 amide bonds. The van der Waals surface area contributed by atoms with Gasteiger partial charge in [-0.05, 0) is 25.5 Å². The first-order chi connectivity index (χ1) is 6.81. The molecule has 3 nitrogen and oxygen atoms in total. The fourth-order valence-electron chi connectivity index (χ4n) is 1.68. The van der Waals surface area contributed by atoms with Gasteiger partial charge in [0.15, 0.2) is 0 Å². The summed E-state index contributed by atoms with van der Waals surface area (Å²) in [6.45, 7) is 5.15. The minimum Gasteiger partial charge on any atom is -0.487 e. The highest BCUT2D eigenvalue weighted by atomic mass is 16.5. The van der Waals surface area contributed by atoms with E-state index in [1.165, 1.54) is 0 Å². The number of ether oxygens (including phenoxy) is 1. The lowest BCUT2D eigenvalue weighted by Gasteiger charge is -2.14. The summed E-state index contributed by atoms with van der Waals surface area (Å²) in [6, 6.07) is 4.20. The van der Waals surface area contributed by atoms with Crippen LogP contribution >= 0.6 is 0 Å². The van der Waals surface area contributed by atoms with Gasteiger partial charge < -0.3 is 10.1 Å². The summed E-state index contributed by atoms with van der Waals surface area (Å²) in [4.78, 5) is 4.34. The molecule has 14 heavy (non-hydrogen) atoms. The molecule has 1 aliphatic heterocycles. The largest absolute Gasteiger partial charge is 0.487 e. The summed E-state index contributed by atoms with van der Waals surface area (Å²) in [6.07, 6.45) is 3.10. The molecular weight excluding hydrogens is 176 g/mol. The van der Waals surface area contributed by atoms with Crippen LogP contribution in [0.2, 0.25) is 0 Å². The second kappa shape index (κ2) is 3.96. The molecule has 0 fully saturated rings. The van der Waals surface area contributed by atoms with E-state index in [0.717, 1.165) is 24.4 Å². The lowest BCUT2D eigenvalue weighted by atomic mass is 10.2. The van der Waals surface area contributed by atoms with E-state index in [0.29, 0.717) is 0 Å². The Morgan fingerprint density at radius 3 is 3.29 bits per heavy atom. The molecule has 0 saturated heterocycles. The number of rotatable bonds is 1. The molecule has 2 atom stereocenters. The zero-order valence-electron chi connectivity index (χ0n) is 8.66. The molecule has 2 rings (SSSR count). The van der Waals surface area contributed by atoms with Gasteiger partial charge >= 0.3 is 0 Å². The van der Waals surface area contributed by atoms with Crippen molar-refractivity contribution >= 4 is 0 Å². The van der Waals surface area contributed by atoms with Crippen LogP contribution in [0.25, 0.3) is 0 Å². The van der Waals surface area contributed by atoms with E-state index in [4.69, 9.17) is 4.74 Å². The van der Waals surface area contributed by atoms with E-state index in [2.05, 4.69) is 24.1 Å². The number of hydrogen-bond donors (Lipinski definition) is 1. The average Bonchev–Trinajstić information content (AvgIpc) is 2.39. The Bertz CT molecular complexity index is 314. The van der Waals surface area contributed by atoms with E-state index in [1.54, 1.807) is 0 Å². The van der Waals surface area contributed by atoms with E-state index in [9.17, 15) is 0 Å². The zero-order chi connectivity index (χ0) is 9.97. The minimum absolute atomic E-state index is 0.267. The Labute approximate surface area is 84.5 Å². The Balaban J connectivity index is 2.31. The predicted molar refractivity (Wildman–Crippen MR) is 55.4 cm³/mol. The van der Waals surface area contributed by atoms with Crippen LogP contribution in [0.4, 0.5) is 0 Å². The fraction of sp³-hybridized carbons (Fsp3) is 0.545. The van der Waals surface area contributed by atoms with Gasteiger partial charge in [-0.2, -0.15) is 0 Å². The molecule has 1 N–H and O–H groups in total. The van der Waals surface area contributed by atoms with Gasteiger partial charge in [0.25, 0.3) is 0 Å². The number of pyridine rings is 1. The van der Waals surface area contributed by atoms with Crippen molar-refractivity contribution in [3.63, 3.8) is 0 Å². The Morgan fingerprint density at radius 2 is 2.50 bits per heavy atom. The Hall–Kier alpha value is -1.09. The van der Waals surface area contributed by atoms with E-state index in [-0.39, 0.29) is 12.1 Å². The summed E-state index contributed by atoms with van der Waals surface area (Å²) < 4.78 is 5.85. The van der Waals surface area contributed by atoms with E-state index in [1.807, 2.05) is 18.3 Å². The molecule has 0 saturated carbocycles. The summed E-state index contributed by atoms with van der Waals surface area (Å²) in [5, 5.41) is 3.41. The lowest BCUT2D eigenvalue weighted by molar-refractivity contribution is 0.200. The Morgan fingerprint density at radius 1 is 1.64 bits per heavy atom. The fourth-order valence-corrected chi connectivity index (χ4v) is 1.68. The molecule has 0 aliphatic carbocycles. The minimum atomic E-state index is 0.267. The summed E-state index contributed by atoms with van der Waals surface area (Å²) in [7, 11) is 0. The van der Waals surface area contributed by atoms with Gasteiger partial charge in [-0.1, -0.05) is 6.92 Å². The van der Waals surface area contributed by atoms with Crippen LogP contribution in [0.3, 0.4) is 0 Å². The highest BCUT2D eigenvalue weighted by Crippen LogP contribution is 2.26. The number of nitrogens with one attached hydrogen (secondary N) is 1. The standard InChI is InChI=1S/C11H16N2O/c1-3-9-7-13-8(2)11-10(14-9)5-4-6-12-11/h4-6,8-9,13H,3,7H2,1-2H3/t8-,9+/m0/s1. The van der Waals surface area contributed by atoms with Crippen LogP contribution in [-0.2, 0) is 0 Å². The lowest BCUT2D eigenvalue weighted by Crippen LogP contribution is -2.29. The van der Waals surface area contributed by atoms with Crippen molar-refractivity contribution in [2.75, 3.05) is 6.54 Å². The quantitative estimate of drug-likeness (QED) is 0.738.